The van der Waals surface area contributed by atoms with Crippen LogP contribution in [0.4, 0.5) is 5.95 Å². The Bertz CT molecular complexity index is 1370. The lowest BCUT2D eigenvalue weighted by Crippen LogP contribution is -2.41. The summed E-state index contributed by atoms with van der Waals surface area (Å²) in [6.45, 7) is 2.85. The predicted octanol–water partition coefficient (Wildman–Crippen LogP) is 0.0643. The molecule has 0 bridgehead atoms. The van der Waals surface area contributed by atoms with Gasteiger partial charge in [-0.15, -0.1) is 0 Å². The number of esters is 1. The number of benzene rings is 1. The number of aliphatic hydroxyl groups excluding tert-OH is 2. The highest BCUT2D eigenvalue weighted by atomic mass is 31.2. The maximum Gasteiger partial charge on any atom is 0.459 e. The number of hydrogen-bond donors (Lipinski definition) is 5. The Balaban J connectivity index is 1.58. The number of nitrogens with zero attached hydrogens (tertiary/aromatic N) is 3. The molecular formula is C21H27N6O9P. The van der Waals surface area contributed by atoms with Crippen molar-refractivity contribution in [2.45, 2.75) is 50.5 Å². The van der Waals surface area contributed by atoms with Crippen LogP contribution in [0, 0.1) is 0 Å². The van der Waals surface area contributed by atoms with E-state index in [0.717, 1.165) is 0 Å². The van der Waals surface area contributed by atoms with E-state index in [0.29, 0.717) is 0 Å². The minimum absolute atomic E-state index is 0.0263. The highest BCUT2D eigenvalue weighted by Crippen LogP contribution is 2.48. The summed E-state index contributed by atoms with van der Waals surface area (Å²) in [7, 11) is -3.09. The molecule has 6 N–H and O–H groups in total. The van der Waals surface area contributed by atoms with Gasteiger partial charge in [0.2, 0.25) is 5.95 Å². The summed E-state index contributed by atoms with van der Waals surface area (Å²) in [6, 6.07) is 7.03. The first-order valence-corrected chi connectivity index (χ1v) is 12.7. The molecule has 0 spiro atoms. The van der Waals surface area contributed by atoms with Gasteiger partial charge in [-0.3, -0.25) is 23.7 Å². The van der Waals surface area contributed by atoms with Crippen LogP contribution in [0.1, 0.15) is 20.1 Å². The first kappa shape index (κ1) is 26.7. The molecule has 4 rings (SSSR count). The second-order valence-corrected chi connectivity index (χ2v) is 9.98. The third-order valence-corrected chi connectivity index (χ3v) is 7.41. The molecule has 3 heterocycles. The molecule has 0 aliphatic carbocycles. The predicted molar refractivity (Wildman–Crippen MR) is 128 cm³/mol. The topological polar surface area (TPSA) is 213 Å². The van der Waals surface area contributed by atoms with Crippen molar-refractivity contribution in [3.63, 3.8) is 0 Å². The smallest absolute Gasteiger partial charge is 0.459 e. The Kier molecular flexibility index (Phi) is 7.64. The summed E-state index contributed by atoms with van der Waals surface area (Å²) in [5.41, 5.74) is 5.02. The zero-order valence-corrected chi connectivity index (χ0v) is 20.9. The number of aliphatic hydroxyl groups is 2. The number of imidazole rings is 1. The average Bonchev–Trinajstić information content (AvgIpc) is 3.39. The molecule has 16 heteroatoms. The number of methoxy groups -OCH3 is 1. The molecule has 1 saturated heterocycles. The second kappa shape index (κ2) is 10.6. The molecule has 7 atom stereocenters. The second-order valence-electron chi connectivity index (χ2n) is 8.33. The summed E-state index contributed by atoms with van der Waals surface area (Å²) in [5.74, 6) is -0.702. The first-order valence-electron chi connectivity index (χ1n) is 11.2. The highest BCUT2D eigenvalue weighted by molar-refractivity contribution is 7.52. The number of aromatic amines is 1. The fourth-order valence-corrected chi connectivity index (χ4v) is 5.57. The van der Waals surface area contributed by atoms with E-state index in [9.17, 15) is 24.4 Å². The van der Waals surface area contributed by atoms with Crippen molar-refractivity contribution in [1.29, 1.82) is 0 Å². The molecule has 0 radical (unpaired) electrons. The number of anilines is 1. The first-order chi connectivity index (χ1) is 17.5. The number of hydrogen-bond acceptors (Lipinski definition) is 12. The van der Waals surface area contributed by atoms with E-state index in [-0.39, 0.29) is 22.9 Å². The molecule has 37 heavy (non-hydrogen) atoms. The quantitative estimate of drug-likeness (QED) is 0.180. The Morgan fingerprint density at radius 1 is 1.27 bits per heavy atom. The summed E-state index contributed by atoms with van der Waals surface area (Å²) in [4.78, 5) is 34.4. The monoisotopic (exact) mass is 538 g/mol. The summed E-state index contributed by atoms with van der Waals surface area (Å²) in [5, 5.41) is 24.0. The van der Waals surface area contributed by atoms with Crippen molar-refractivity contribution in [1.82, 2.24) is 24.6 Å². The highest BCUT2D eigenvalue weighted by Gasteiger charge is 2.49. The standard InChI is InChI=1S/C21H27N6O9P/c1-10(20(31)33-3)26-37(32,36-12-7-5-4-6-8-12)35-11(2)16-14(28)15(29)19(34-16)27-9-23-13-17(27)24-21(22)25-18(13)30/h4-11,14-16,19,28-29H,1-3H3,(H,26,32)(H3,22,24,25,30)/t10-,11-,14-,15+,16+,19+,37?/m0/s1. The van der Waals surface area contributed by atoms with Crippen molar-refractivity contribution in [2.75, 3.05) is 12.8 Å². The van der Waals surface area contributed by atoms with Gasteiger partial charge in [0.1, 0.15) is 30.1 Å². The van der Waals surface area contributed by atoms with Crippen LogP contribution in [-0.2, 0) is 23.4 Å². The van der Waals surface area contributed by atoms with Gasteiger partial charge in [-0.25, -0.2) is 9.55 Å². The zero-order chi connectivity index (χ0) is 26.9. The molecule has 1 aliphatic heterocycles. The van der Waals surface area contributed by atoms with Crippen molar-refractivity contribution in [2.24, 2.45) is 0 Å². The Morgan fingerprint density at radius 3 is 2.65 bits per heavy atom. The van der Waals surface area contributed by atoms with E-state index in [2.05, 4.69) is 24.8 Å². The number of nitrogen functional groups attached to an aromatic ring is 1. The van der Waals surface area contributed by atoms with Crippen LogP contribution in [0.25, 0.3) is 11.2 Å². The maximum atomic E-state index is 13.7. The largest absolute Gasteiger partial charge is 0.468 e. The van der Waals surface area contributed by atoms with Crippen LogP contribution in [0.3, 0.4) is 0 Å². The minimum Gasteiger partial charge on any atom is -0.468 e. The zero-order valence-electron chi connectivity index (χ0n) is 20.0. The number of nitrogens with two attached hydrogens (primary N) is 1. The number of rotatable bonds is 9. The number of aromatic nitrogens is 4. The van der Waals surface area contributed by atoms with Crippen LogP contribution < -0.4 is 20.9 Å². The summed E-state index contributed by atoms with van der Waals surface area (Å²) >= 11 is 0. The van der Waals surface area contributed by atoms with Crippen LogP contribution in [0.15, 0.2) is 41.5 Å². The molecule has 1 aromatic carbocycles. The number of nitrogens with one attached hydrogen (secondary N) is 2. The van der Waals surface area contributed by atoms with E-state index in [4.69, 9.17) is 19.5 Å². The van der Waals surface area contributed by atoms with E-state index in [1.165, 1.54) is 44.0 Å². The Hall–Kier alpha value is -3.33. The molecule has 3 aromatic rings. The average molecular weight is 538 g/mol. The third kappa shape index (κ3) is 5.51. The number of H-pyrrole nitrogens is 1. The fraction of sp³-hybridized carbons (Fsp3) is 0.429. The molecule has 1 fully saturated rings. The van der Waals surface area contributed by atoms with Gasteiger partial charge in [0, 0.05) is 0 Å². The van der Waals surface area contributed by atoms with Crippen molar-refractivity contribution < 1.29 is 38.1 Å². The lowest BCUT2D eigenvalue weighted by atomic mass is 10.1. The van der Waals surface area contributed by atoms with Gasteiger partial charge in [0.25, 0.3) is 5.56 Å². The molecule has 0 saturated carbocycles. The van der Waals surface area contributed by atoms with E-state index < -0.39 is 56.0 Å². The Labute approximate surface area is 210 Å². The molecule has 0 amide bonds. The van der Waals surface area contributed by atoms with E-state index in [1.54, 1.807) is 18.2 Å². The fourth-order valence-electron chi connectivity index (χ4n) is 3.88. The minimum atomic E-state index is -4.27. The van der Waals surface area contributed by atoms with E-state index >= 15 is 0 Å². The molecule has 200 valence electrons. The van der Waals surface area contributed by atoms with Crippen LogP contribution in [0.2, 0.25) is 0 Å². The van der Waals surface area contributed by atoms with Gasteiger partial charge >= 0.3 is 13.7 Å². The number of para-hydroxylation sites is 1. The maximum absolute atomic E-state index is 13.7. The van der Waals surface area contributed by atoms with Gasteiger partial charge in [-0.1, -0.05) is 18.2 Å². The van der Waals surface area contributed by atoms with Gasteiger partial charge < -0.3 is 29.9 Å². The van der Waals surface area contributed by atoms with Crippen LogP contribution in [0.5, 0.6) is 5.75 Å². The van der Waals surface area contributed by atoms with Crippen LogP contribution >= 0.6 is 7.75 Å². The van der Waals surface area contributed by atoms with Gasteiger partial charge in [-0.05, 0) is 26.0 Å². The molecule has 2 aromatic heterocycles. The van der Waals surface area contributed by atoms with Crippen molar-refractivity contribution in [3.05, 3.63) is 47.0 Å². The SMILES string of the molecule is COC(=O)[C@H](C)NP(=O)(Oc1ccccc1)O[C@@H](C)[C@H]1O[C@@H](n2cnc3c(=O)[nH]c(N)nc32)[C@H](O)[C@@H]1O. The number of fused-ring (bicyclic) bond motifs is 1. The van der Waals surface area contributed by atoms with E-state index in [1.807, 2.05) is 0 Å². The van der Waals surface area contributed by atoms with Gasteiger partial charge in [0.05, 0.1) is 19.5 Å². The van der Waals surface area contributed by atoms with Crippen molar-refractivity contribution >= 4 is 30.8 Å². The number of carbonyl (C=O) groups excluding carboxylic acids is 1. The normalized spacial score (nSPS) is 24.9. The molecular weight excluding hydrogens is 511 g/mol. The third-order valence-electron chi connectivity index (χ3n) is 5.64. The van der Waals surface area contributed by atoms with Crippen LogP contribution in [-0.4, -0.2) is 73.3 Å². The molecule has 1 aliphatic rings. The van der Waals surface area contributed by atoms with Gasteiger partial charge in [0.15, 0.2) is 17.4 Å². The number of ether oxygens (including phenoxy) is 2. The summed E-state index contributed by atoms with van der Waals surface area (Å²) in [6.07, 6.45) is -5.41. The van der Waals surface area contributed by atoms with Crippen molar-refractivity contribution in [3.8, 4) is 5.75 Å². The Morgan fingerprint density at radius 2 is 1.97 bits per heavy atom. The lowest BCUT2D eigenvalue weighted by molar-refractivity contribution is -0.142. The molecule has 15 nitrogen and oxygen atoms in total. The summed E-state index contributed by atoms with van der Waals surface area (Å²) < 4.78 is 36.8. The number of carbonyl (C=O) groups is 1. The van der Waals surface area contributed by atoms with Gasteiger partial charge in [-0.2, -0.15) is 10.1 Å². The molecule has 1 unspecified atom stereocenters. The lowest BCUT2D eigenvalue weighted by Gasteiger charge is -2.28.